The lowest BCUT2D eigenvalue weighted by molar-refractivity contribution is -0.387. The van der Waals surface area contributed by atoms with Crippen molar-refractivity contribution < 1.29 is 13.3 Å². The van der Waals surface area contributed by atoms with Gasteiger partial charge in [0.05, 0.1) is 10.6 Å². The van der Waals surface area contributed by atoms with Crippen LogP contribution in [-0.2, 0) is 10.0 Å². The minimum Gasteiger partial charge on any atom is -0.324 e. The number of benzene rings is 1. The molecule has 2 atom stereocenters. The van der Waals surface area contributed by atoms with Crippen LogP contribution in [0.2, 0.25) is 0 Å². The van der Waals surface area contributed by atoms with Gasteiger partial charge in [0.25, 0.3) is 5.69 Å². The van der Waals surface area contributed by atoms with Crippen LogP contribution in [0.4, 0.5) is 11.4 Å². The molecule has 116 valence electrons. The molecule has 2 unspecified atom stereocenters. The molecule has 1 fully saturated rings. The number of hydrogen-bond donors (Lipinski definition) is 3. The first-order valence-corrected chi connectivity index (χ1v) is 8.11. The normalized spacial score (nSPS) is 22.2. The van der Waals surface area contributed by atoms with Gasteiger partial charge in [-0.2, -0.15) is 0 Å². The number of hydrogen-bond acceptors (Lipinski definition) is 6. The van der Waals surface area contributed by atoms with Crippen molar-refractivity contribution in [1.82, 2.24) is 4.72 Å². The number of rotatable bonds is 5. The fourth-order valence-electron chi connectivity index (χ4n) is 2.56. The summed E-state index contributed by atoms with van der Waals surface area (Å²) in [6.45, 7) is 1.97. The minimum atomic E-state index is -3.94. The molecule has 0 bridgehead atoms. The number of nitro benzene ring substituents is 1. The van der Waals surface area contributed by atoms with E-state index < -0.39 is 20.6 Å². The van der Waals surface area contributed by atoms with Gasteiger partial charge in [-0.05, 0) is 30.9 Å². The Bertz CT molecular complexity index is 647. The predicted molar refractivity (Wildman–Crippen MR) is 78.0 cm³/mol. The standard InChI is InChI=1S/C12H18N4O4S/c1-8-3-2-4-10(8)15-21(19,20)12-6-5-9(14-13)7-11(12)16(17)18/h5-8,10,14-15H,2-4,13H2,1H3. The van der Waals surface area contributed by atoms with Crippen molar-refractivity contribution in [3.63, 3.8) is 0 Å². The molecule has 21 heavy (non-hydrogen) atoms. The molecule has 0 aliphatic heterocycles. The molecule has 0 radical (unpaired) electrons. The van der Waals surface area contributed by atoms with E-state index in [2.05, 4.69) is 10.1 Å². The molecule has 1 saturated carbocycles. The molecule has 1 aromatic rings. The second-order valence-corrected chi connectivity index (χ2v) is 6.90. The van der Waals surface area contributed by atoms with E-state index in [9.17, 15) is 18.5 Å². The summed E-state index contributed by atoms with van der Waals surface area (Å²) in [7, 11) is -3.94. The maximum absolute atomic E-state index is 12.4. The van der Waals surface area contributed by atoms with Crippen LogP contribution in [0.1, 0.15) is 26.2 Å². The Hall–Kier alpha value is -1.71. The van der Waals surface area contributed by atoms with Crippen LogP contribution in [0.3, 0.4) is 0 Å². The molecule has 0 heterocycles. The molecule has 2 rings (SSSR count). The van der Waals surface area contributed by atoms with Gasteiger partial charge < -0.3 is 5.43 Å². The molecule has 0 spiro atoms. The topological polar surface area (TPSA) is 127 Å². The molecule has 9 heteroatoms. The van der Waals surface area contributed by atoms with E-state index in [1.54, 1.807) is 0 Å². The third-order valence-corrected chi connectivity index (χ3v) is 5.32. The zero-order valence-corrected chi connectivity index (χ0v) is 12.4. The van der Waals surface area contributed by atoms with E-state index in [4.69, 9.17) is 5.84 Å². The highest BCUT2D eigenvalue weighted by molar-refractivity contribution is 7.89. The molecule has 4 N–H and O–H groups in total. The Labute approximate surface area is 122 Å². The summed E-state index contributed by atoms with van der Waals surface area (Å²) in [4.78, 5) is 10.0. The molecule has 0 saturated heterocycles. The van der Waals surface area contributed by atoms with Crippen molar-refractivity contribution in [3.05, 3.63) is 28.3 Å². The molecule has 8 nitrogen and oxygen atoms in total. The first-order chi connectivity index (χ1) is 9.85. The highest BCUT2D eigenvalue weighted by Gasteiger charge is 2.32. The van der Waals surface area contributed by atoms with Gasteiger partial charge in [0.2, 0.25) is 10.0 Å². The molecule has 0 aromatic heterocycles. The van der Waals surface area contributed by atoms with Crippen molar-refractivity contribution >= 4 is 21.4 Å². The maximum atomic E-state index is 12.4. The summed E-state index contributed by atoms with van der Waals surface area (Å²) in [5.41, 5.74) is 2.04. The third-order valence-electron chi connectivity index (χ3n) is 3.78. The highest BCUT2D eigenvalue weighted by atomic mass is 32.2. The lowest BCUT2D eigenvalue weighted by Crippen LogP contribution is -2.36. The van der Waals surface area contributed by atoms with Gasteiger partial charge in [-0.25, -0.2) is 13.1 Å². The average molecular weight is 314 g/mol. The zero-order valence-electron chi connectivity index (χ0n) is 11.6. The lowest BCUT2D eigenvalue weighted by Gasteiger charge is -2.17. The van der Waals surface area contributed by atoms with Crippen molar-refractivity contribution in [1.29, 1.82) is 0 Å². The van der Waals surface area contributed by atoms with Crippen molar-refractivity contribution in [2.75, 3.05) is 5.43 Å². The average Bonchev–Trinajstić information content (AvgIpc) is 2.82. The quantitative estimate of drug-likeness (QED) is 0.427. The number of anilines is 1. The van der Waals surface area contributed by atoms with Crippen LogP contribution in [0.25, 0.3) is 0 Å². The van der Waals surface area contributed by atoms with E-state index in [0.717, 1.165) is 25.3 Å². The monoisotopic (exact) mass is 314 g/mol. The molecular weight excluding hydrogens is 296 g/mol. The van der Waals surface area contributed by atoms with Crippen LogP contribution in [-0.4, -0.2) is 19.4 Å². The van der Waals surface area contributed by atoms with Crippen LogP contribution in [0.5, 0.6) is 0 Å². The third kappa shape index (κ3) is 3.31. The Kier molecular flexibility index (Phi) is 4.45. The Balaban J connectivity index is 2.37. The number of hydrazine groups is 1. The molecular formula is C12H18N4O4S. The molecule has 0 amide bonds. The summed E-state index contributed by atoms with van der Waals surface area (Å²) in [5.74, 6) is 5.42. The van der Waals surface area contributed by atoms with Gasteiger partial charge >= 0.3 is 0 Å². The van der Waals surface area contributed by atoms with Crippen LogP contribution in [0.15, 0.2) is 23.1 Å². The SMILES string of the molecule is CC1CCCC1NS(=O)(=O)c1ccc(NN)cc1[N+](=O)[O-]. The summed E-state index contributed by atoms with van der Waals surface area (Å²) >= 11 is 0. The van der Waals surface area contributed by atoms with E-state index in [1.165, 1.54) is 12.1 Å². The second-order valence-electron chi connectivity index (χ2n) is 5.22. The summed E-state index contributed by atoms with van der Waals surface area (Å²) in [5, 5.41) is 11.1. The summed E-state index contributed by atoms with van der Waals surface area (Å²) in [6.07, 6.45) is 2.65. The fraction of sp³-hybridized carbons (Fsp3) is 0.500. The van der Waals surface area contributed by atoms with Crippen LogP contribution < -0.4 is 16.0 Å². The summed E-state index contributed by atoms with van der Waals surface area (Å²) in [6, 6.07) is 3.50. The van der Waals surface area contributed by atoms with Gasteiger partial charge in [0, 0.05) is 12.1 Å². The van der Waals surface area contributed by atoms with Gasteiger partial charge in [-0.3, -0.25) is 16.0 Å². The first kappa shape index (κ1) is 15.7. The number of nitrogens with two attached hydrogens (primary N) is 1. The number of nitrogen functional groups attached to an aromatic ring is 1. The van der Waals surface area contributed by atoms with Gasteiger partial charge in [0.15, 0.2) is 4.90 Å². The second kappa shape index (κ2) is 5.96. The van der Waals surface area contributed by atoms with E-state index >= 15 is 0 Å². The molecule has 1 aliphatic carbocycles. The Morgan fingerprint density at radius 3 is 2.62 bits per heavy atom. The van der Waals surface area contributed by atoms with E-state index in [-0.39, 0.29) is 22.5 Å². The first-order valence-electron chi connectivity index (χ1n) is 6.62. The highest BCUT2D eigenvalue weighted by Crippen LogP contribution is 2.30. The lowest BCUT2D eigenvalue weighted by atomic mass is 10.1. The molecule has 1 aliphatic rings. The molecule has 1 aromatic carbocycles. The van der Waals surface area contributed by atoms with Gasteiger partial charge in [-0.1, -0.05) is 13.3 Å². The van der Waals surface area contributed by atoms with Gasteiger partial charge in [-0.15, -0.1) is 0 Å². The fourth-order valence-corrected chi connectivity index (χ4v) is 4.09. The Morgan fingerprint density at radius 1 is 1.38 bits per heavy atom. The smallest absolute Gasteiger partial charge is 0.291 e. The maximum Gasteiger partial charge on any atom is 0.291 e. The largest absolute Gasteiger partial charge is 0.324 e. The van der Waals surface area contributed by atoms with Crippen LogP contribution >= 0.6 is 0 Å². The van der Waals surface area contributed by atoms with Gasteiger partial charge in [0.1, 0.15) is 0 Å². The Morgan fingerprint density at radius 2 is 2.10 bits per heavy atom. The zero-order chi connectivity index (χ0) is 15.6. The minimum absolute atomic E-state index is 0.179. The van der Waals surface area contributed by atoms with Crippen LogP contribution in [0, 0.1) is 16.0 Å². The van der Waals surface area contributed by atoms with Crippen molar-refractivity contribution in [2.45, 2.75) is 37.1 Å². The van der Waals surface area contributed by atoms with Crippen molar-refractivity contribution in [2.24, 2.45) is 11.8 Å². The van der Waals surface area contributed by atoms with Crippen molar-refractivity contribution in [3.8, 4) is 0 Å². The van der Waals surface area contributed by atoms with E-state index in [0.29, 0.717) is 0 Å². The number of nitrogens with one attached hydrogen (secondary N) is 2. The number of sulfonamides is 1. The van der Waals surface area contributed by atoms with E-state index in [1.807, 2.05) is 6.92 Å². The summed E-state index contributed by atoms with van der Waals surface area (Å²) < 4.78 is 27.4. The number of nitrogens with zero attached hydrogens (tertiary/aromatic N) is 1. The predicted octanol–water partition coefficient (Wildman–Crippen LogP) is 1.35. The number of nitro groups is 1.